The number of amides is 1. The summed E-state index contributed by atoms with van der Waals surface area (Å²) >= 11 is 1.73. The molecule has 1 aromatic rings. The van der Waals surface area contributed by atoms with Gasteiger partial charge in [-0.25, -0.2) is 0 Å². The first kappa shape index (κ1) is 18.7. The molecule has 1 unspecified atom stereocenters. The predicted octanol–water partition coefficient (Wildman–Crippen LogP) is 2.26. The molecule has 2 aliphatic heterocycles. The number of hydrogen-bond donors (Lipinski definition) is 0. The molecule has 1 atom stereocenters. The second-order valence-electron chi connectivity index (χ2n) is 7.29. The van der Waals surface area contributed by atoms with E-state index in [2.05, 4.69) is 33.0 Å². The molecule has 0 radical (unpaired) electrons. The highest BCUT2D eigenvalue weighted by atomic mass is 32.2. The summed E-state index contributed by atoms with van der Waals surface area (Å²) in [7, 11) is 2.09. The summed E-state index contributed by atoms with van der Waals surface area (Å²) in [5, 5.41) is 8.97. The van der Waals surface area contributed by atoms with Crippen molar-refractivity contribution in [1.29, 1.82) is 0 Å². The maximum atomic E-state index is 12.3. The van der Waals surface area contributed by atoms with Crippen molar-refractivity contribution in [3.63, 3.8) is 0 Å². The van der Waals surface area contributed by atoms with Crippen LogP contribution in [0.25, 0.3) is 0 Å². The fourth-order valence-corrected chi connectivity index (χ4v) is 4.33. The van der Waals surface area contributed by atoms with E-state index in [1.165, 1.54) is 32.4 Å². The highest BCUT2D eigenvalue weighted by Gasteiger charge is 2.28. The molecule has 1 aromatic heterocycles. The van der Waals surface area contributed by atoms with Gasteiger partial charge in [0.2, 0.25) is 5.91 Å². The number of rotatable bonds is 6. The van der Waals surface area contributed by atoms with E-state index in [4.69, 9.17) is 0 Å². The summed E-state index contributed by atoms with van der Waals surface area (Å²) in [6.45, 7) is 4.92. The van der Waals surface area contributed by atoms with Crippen molar-refractivity contribution in [3.8, 4) is 0 Å². The van der Waals surface area contributed by atoms with Crippen LogP contribution in [0.15, 0.2) is 0 Å². The predicted molar refractivity (Wildman–Crippen MR) is 102 cm³/mol. The molecular formula is C18H31N5OS. The Morgan fingerprint density at radius 1 is 1.16 bits per heavy atom. The molecule has 3 heterocycles. The lowest BCUT2D eigenvalue weighted by Gasteiger charge is -2.32. The van der Waals surface area contributed by atoms with Crippen LogP contribution in [0.1, 0.15) is 56.1 Å². The topological polar surface area (TPSA) is 54.3 Å². The van der Waals surface area contributed by atoms with Crippen LogP contribution < -0.4 is 0 Å². The Hall–Kier alpha value is -1.08. The Balaban J connectivity index is 1.62. The molecule has 2 aliphatic rings. The number of carbonyl (C=O) groups is 1. The normalized spacial score (nSPS) is 22.3. The lowest BCUT2D eigenvalue weighted by atomic mass is 9.97. The minimum atomic E-state index is 0.287. The van der Waals surface area contributed by atoms with Crippen molar-refractivity contribution >= 4 is 17.7 Å². The zero-order valence-electron chi connectivity index (χ0n) is 15.6. The molecule has 0 aromatic carbocycles. The highest BCUT2D eigenvalue weighted by Crippen LogP contribution is 2.26. The van der Waals surface area contributed by atoms with Gasteiger partial charge < -0.3 is 9.47 Å². The average Bonchev–Trinajstić information content (AvgIpc) is 3.01. The molecule has 6 nitrogen and oxygen atoms in total. The quantitative estimate of drug-likeness (QED) is 0.774. The van der Waals surface area contributed by atoms with E-state index in [1.54, 1.807) is 11.8 Å². The Labute approximate surface area is 155 Å². The van der Waals surface area contributed by atoms with Gasteiger partial charge in [0.1, 0.15) is 11.6 Å². The van der Waals surface area contributed by atoms with Gasteiger partial charge >= 0.3 is 0 Å². The third-order valence-corrected chi connectivity index (χ3v) is 6.08. The van der Waals surface area contributed by atoms with Gasteiger partial charge in [0, 0.05) is 38.2 Å². The van der Waals surface area contributed by atoms with Gasteiger partial charge in [-0.15, -0.1) is 10.2 Å². The summed E-state index contributed by atoms with van der Waals surface area (Å²) in [6, 6.07) is 0. The van der Waals surface area contributed by atoms with Crippen LogP contribution in [0.4, 0.5) is 0 Å². The van der Waals surface area contributed by atoms with Gasteiger partial charge in [-0.05, 0) is 45.0 Å². The van der Waals surface area contributed by atoms with E-state index in [-0.39, 0.29) is 5.91 Å². The molecular weight excluding hydrogens is 334 g/mol. The Morgan fingerprint density at radius 2 is 1.96 bits per heavy atom. The molecule has 0 spiro atoms. The fraction of sp³-hybridized carbons (Fsp3) is 0.833. The molecule has 0 saturated carbocycles. The molecule has 0 bridgehead atoms. The number of hydrogen-bond acceptors (Lipinski definition) is 5. The van der Waals surface area contributed by atoms with Gasteiger partial charge in [0.25, 0.3) is 0 Å². The summed E-state index contributed by atoms with van der Waals surface area (Å²) in [4.78, 5) is 16.9. The summed E-state index contributed by atoms with van der Waals surface area (Å²) in [5.74, 6) is 3.62. The van der Waals surface area contributed by atoms with Gasteiger partial charge in [0.15, 0.2) is 0 Å². The number of thioether (sulfide) groups is 1. The number of carbonyl (C=O) groups excluding carboxylic acids is 1. The van der Waals surface area contributed by atoms with Crippen molar-refractivity contribution in [3.05, 3.63) is 11.6 Å². The van der Waals surface area contributed by atoms with Crippen molar-refractivity contribution in [1.82, 2.24) is 24.6 Å². The average molecular weight is 366 g/mol. The zero-order valence-corrected chi connectivity index (χ0v) is 16.4. The maximum absolute atomic E-state index is 12.3. The number of piperidine rings is 2. The summed E-state index contributed by atoms with van der Waals surface area (Å²) in [5.41, 5.74) is 0. The first-order valence-electron chi connectivity index (χ1n) is 9.56. The molecule has 25 heavy (non-hydrogen) atoms. The van der Waals surface area contributed by atoms with Gasteiger partial charge in [0.05, 0.1) is 6.54 Å². The summed E-state index contributed by atoms with van der Waals surface area (Å²) in [6.07, 6.45) is 8.79. The first-order valence-corrected chi connectivity index (χ1v) is 11.0. The number of nitrogens with zero attached hydrogens (tertiary/aromatic N) is 5. The lowest BCUT2D eigenvalue weighted by molar-refractivity contribution is -0.132. The molecule has 1 amide bonds. The largest absolute Gasteiger partial charge is 0.342 e. The van der Waals surface area contributed by atoms with E-state index in [9.17, 15) is 4.79 Å². The van der Waals surface area contributed by atoms with Crippen LogP contribution in [0.3, 0.4) is 0 Å². The van der Waals surface area contributed by atoms with Crippen LogP contribution in [0.2, 0.25) is 0 Å². The van der Waals surface area contributed by atoms with E-state index >= 15 is 0 Å². The molecule has 0 N–H and O–H groups in total. The van der Waals surface area contributed by atoms with Crippen LogP contribution in [-0.2, 0) is 18.4 Å². The van der Waals surface area contributed by atoms with Crippen molar-refractivity contribution in [2.24, 2.45) is 7.05 Å². The lowest BCUT2D eigenvalue weighted by Crippen LogP contribution is -2.40. The Morgan fingerprint density at radius 3 is 2.72 bits per heavy atom. The van der Waals surface area contributed by atoms with E-state index in [0.717, 1.165) is 49.9 Å². The minimum absolute atomic E-state index is 0.287. The zero-order chi connectivity index (χ0) is 17.6. The van der Waals surface area contributed by atoms with Crippen LogP contribution in [0, 0.1) is 0 Å². The third kappa shape index (κ3) is 4.76. The monoisotopic (exact) mass is 365 g/mol. The molecule has 7 heteroatoms. The van der Waals surface area contributed by atoms with E-state index < -0.39 is 0 Å². The second kappa shape index (κ2) is 9.03. The molecule has 0 aliphatic carbocycles. The third-order valence-electron chi connectivity index (χ3n) is 5.47. The Kier molecular flexibility index (Phi) is 6.76. The fourth-order valence-electron chi connectivity index (χ4n) is 3.95. The maximum Gasteiger partial charge on any atom is 0.223 e. The summed E-state index contributed by atoms with van der Waals surface area (Å²) < 4.78 is 2.18. The van der Waals surface area contributed by atoms with E-state index in [1.807, 2.05) is 4.90 Å². The molecule has 2 saturated heterocycles. The second-order valence-corrected chi connectivity index (χ2v) is 8.28. The van der Waals surface area contributed by atoms with Crippen LogP contribution in [0.5, 0.6) is 0 Å². The van der Waals surface area contributed by atoms with Gasteiger partial charge in [-0.2, -0.15) is 11.8 Å². The van der Waals surface area contributed by atoms with E-state index in [0.29, 0.717) is 12.3 Å². The minimum Gasteiger partial charge on any atom is -0.342 e. The van der Waals surface area contributed by atoms with Crippen molar-refractivity contribution < 1.29 is 4.79 Å². The molecule has 140 valence electrons. The SMILES string of the molecule is CSCCC(=O)N1CCCC(c2nnc(CN3CCCCC3)n2C)C1. The molecule has 2 fully saturated rings. The van der Waals surface area contributed by atoms with Gasteiger partial charge in [-0.3, -0.25) is 9.69 Å². The van der Waals surface area contributed by atoms with Crippen LogP contribution in [-0.4, -0.2) is 68.7 Å². The highest BCUT2D eigenvalue weighted by molar-refractivity contribution is 7.98. The van der Waals surface area contributed by atoms with Gasteiger partial charge in [-0.1, -0.05) is 6.42 Å². The number of aromatic nitrogens is 3. The first-order chi connectivity index (χ1) is 12.2. The standard InChI is InChI=1S/C18H31N5OS/c1-21-16(14-22-9-4-3-5-10-22)19-20-18(21)15-7-6-11-23(13-15)17(24)8-12-25-2/h15H,3-14H2,1-2H3. The Bertz CT molecular complexity index is 570. The van der Waals surface area contributed by atoms with Crippen molar-refractivity contribution in [2.75, 3.05) is 38.2 Å². The number of likely N-dealkylation sites (tertiary alicyclic amines) is 2. The van der Waals surface area contributed by atoms with Crippen LogP contribution >= 0.6 is 11.8 Å². The smallest absolute Gasteiger partial charge is 0.223 e. The van der Waals surface area contributed by atoms with Crippen molar-refractivity contribution in [2.45, 2.75) is 51.0 Å². The molecule has 3 rings (SSSR count).